The minimum atomic E-state index is -0.938. The van der Waals surface area contributed by atoms with E-state index in [-0.39, 0.29) is 23.4 Å². The summed E-state index contributed by atoms with van der Waals surface area (Å²) in [5.41, 5.74) is 0.683. The lowest BCUT2D eigenvalue weighted by atomic mass is 9.94. The van der Waals surface area contributed by atoms with Crippen LogP contribution in [0.25, 0.3) is 0 Å². The zero-order valence-corrected chi connectivity index (χ0v) is 15.7. The highest BCUT2D eigenvalue weighted by atomic mass is 32.2. The molecule has 0 bridgehead atoms. The number of allylic oxidation sites excluding steroid dienone is 1. The van der Waals surface area contributed by atoms with Crippen LogP contribution in [0.5, 0.6) is 0 Å². The van der Waals surface area contributed by atoms with Crippen molar-refractivity contribution in [2.24, 2.45) is 0 Å². The van der Waals surface area contributed by atoms with Crippen molar-refractivity contribution in [2.75, 3.05) is 25.2 Å². The van der Waals surface area contributed by atoms with E-state index >= 15 is 0 Å². The zero-order chi connectivity index (χ0) is 19.3. The molecule has 2 rings (SSSR count). The average Bonchev–Trinajstić information content (AvgIpc) is 2.62. The predicted octanol–water partition coefficient (Wildman–Crippen LogP) is 2.86. The van der Waals surface area contributed by atoms with Crippen LogP contribution in [0, 0.1) is 10.1 Å². The largest absolute Gasteiger partial charge is 0.461 e. The Labute approximate surface area is 155 Å². The first-order valence-electron chi connectivity index (χ1n) is 8.11. The molecule has 1 unspecified atom stereocenters. The predicted molar refractivity (Wildman–Crippen MR) is 98.8 cm³/mol. The summed E-state index contributed by atoms with van der Waals surface area (Å²) < 4.78 is 5.32. The molecule has 2 amide bonds. The standard InChI is InChI=1S/C17H21N3O5S/c1-4-26-10-9-25-16(21)14-11(2)19(3)17(22)18-15(14)12-7-5-6-8-13(12)20(23)24/h5-8,15H,4,9-10H2,1-3H3,(H,18,22). The van der Waals surface area contributed by atoms with Crippen molar-refractivity contribution in [1.82, 2.24) is 10.2 Å². The van der Waals surface area contributed by atoms with Gasteiger partial charge in [-0.3, -0.25) is 10.1 Å². The van der Waals surface area contributed by atoms with Crippen LogP contribution in [-0.4, -0.2) is 47.0 Å². The van der Waals surface area contributed by atoms with Crippen molar-refractivity contribution >= 4 is 29.4 Å². The Bertz CT molecular complexity index is 750. The molecule has 1 aliphatic heterocycles. The molecular formula is C17H21N3O5S. The van der Waals surface area contributed by atoms with Crippen molar-refractivity contribution < 1.29 is 19.2 Å². The van der Waals surface area contributed by atoms with E-state index in [9.17, 15) is 19.7 Å². The number of nitrogens with zero attached hydrogens (tertiary/aromatic N) is 2. The SMILES string of the molecule is CCSCCOC(=O)C1=C(C)N(C)C(=O)NC1c1ccccc1[N+](=O)[O-]. The third kappa shape index (κ3) is 4.16. The first-order chi connectivity index (χ1) is 12.4. The number of carbonyl (C=O) groups excluding carboxylic acids is 2. The lowest BCUT2D eigenvalue weighted by Crippen LogP contribution is -2.46. The number of benzene rings is 1. The second kappa shape index (κ2) is 8.70. The summed E-state index contributed by atoms with van der Waals surface area (Å²) in [6.07, 6.45) is 0. The molecule has 26 heavy (non-hydrogen) atoms. The van der Waals surface area contributed by atoms with E-state index in [2.05, 4.69) is 5.32 Å². The van der Waals surface area contributed by atoms with Crippen LogP contribution in [0.3, 0.4) is 0 Å². The molecule has 0 fully saturated rings. The number of urea groups is 1. The third-order valence-corrected chi connectivity index (χ3v) is 4.95. The van der Waals surface area contributed by atoms with Gasteiger partial charge in [-0.15, -0.1) is 0 Å². The summed E-state index contributed by atoms with van der Waals surface area (Å²) in [7, 11) is 1.53. The Morgan fingerprint density at radius 2 is 2.12 bits per heavy atom. The lowest BCUT2D eigenvalue weighted by molar-refractivity contribution is -0.385. The van der Waals surface area contributed by atoms with Gasteiger partial charge in [-0.25, -0.2) is 9.59 Å². The third-order valence-electron chi connectivity index (χ3n) is 4.08. The number of nitrogens with one attached hydrogen (secondary N) is 1. The molecule has 0 saturated carbocycles. The summed E-state index contributed by atoms with van der Waals surface area (Å²) in [5, 5.41) is 14.0. The van der Waals surface area contributed by atoms with Gasteiger partial charge in [0.05, 0.1) is 22.1 Å². The Hall–Kier alpha value is -2.55. The molecule has 0 aromatic heterocycles. The number of nitro benzene ring substituents is 1. The van der Waals surface area contributed by atoms with E-state index in [0.29, 0.717) is 11.4 Å². The Kier molecular flexibility index (Phi) is 6.62. The molecule has 0 spiro atoms. The van der Waals surface area contributed by atoms with Crippen molar-refractivity contribution in [3.63, 3.8) is 0 Å². The summed E-state index contributed by atoms with van der Waals surface area (Å²) in [6.45, 7) is 3.86. The quantitative estimate of drug-likeness (QED) is 0.338. The van der Waals surface area contributed by atoms with E-state index < -0.39 is 23.0 Å². The van der Waals surface area contributed by atoms with Gasteiger partial charge in [-0.1, -0.05) is 19.1 Å². The molecule has 1 aromatic rings. The number of hydrogen-bond acceptors (Lipinski definition) is 6. The fourth-order valence-electron chi connectivity index (χ4n) is 2.65. The number of carbonyl (C=O) groups is 2. The number of thioether (sulfide) groups is 1. The van der Waals surface area contributed by atoms with Gasteiger partial charge < -0.3 is 15.0 Å². The Balaban J connectivity index is 2.41. The number of esters is 1. The summed E-state index contributed by atoms with van der Waals surface area (Å²) in [6, 6.07) is 4.66. The van der Waals surface area contributed by atoms with E-state index in [1.54, 1.807) is 24.8 Å². The van der Waals surface area contributed by atoms with Crippen molar-refractivity contribution in [3.05, 3.63) is 51.2 Å². The van der Waals surface area contributed by atoms with Crippen LogP contribution in [0.4, 0.5) is 10.5 Å². The first kappa shape index (κ1) is 19.8. The van der Waals surface area contributed by atoms with Crippen LogP contribution in [0.1, 0.15) is 25.5 Å². The van der Waals surface area contributed by atoms with Gasteiger partial charge in [0.25, 0.3) is 5.69 Å². The average molecular weight is 379 g/mol. The van der Waals surface area contributed by atoms with Gasteiger partial charge in [-0.05, 0) is 18.7 Å². The maximum absolute atomic E-state index is 12.7. The fourth-order valence-corrected chi connectivity index (χ4v) is 3.14. The highest BCUT2D eigenvalue weighted by Crippen LogP contribution is 2.35. The smallest absolute Gasteiger partial charge is 0.338 e. The van der Waals surface area contributed by atoms with Crippen LogP contribution in [0.15, 0.2) is 35.5 Å². The normalized spacial score (nSPS) is 17.1. The van der Waals surface area contributed by atoms with Crippen LogP contribution in [-0.2, 0) is 9.53 Å². The van der Waals surface area contributed by atoms with E-state index in [1.165, 1.54) is 30.1 Å². The van der Waals surface area contributed by atoms with Crippen LogP contribution < -0.4 is 5.32 Å². The molecule has 9 heteroatoms. The number of nitro groups is 1. The number of ether oxygens (including phenoxy) is 1. The van der Waals surface area contributed by atoms with E-state index in [1.807, 2.05) is 6.92 Å². The van der Waals surface area contributed by atoms with E-state index in [4.69, 9.17) is 4.74 Å². The molecule has 1 heterocycles. The molecule has 8 nitrogen and oxygen atoms in total. The van der Waals surface area contributed by atoms with Crippen LogP contribution in [0.2, 0.25) is 0 Å². The molecular weight excluding hydrogens is 358 g/mol. The monoisotopic (exact) mass is 379 g/mol. The second-order valence-corrected chi connectivity index (χ2v) is 6.98. The molecule has 1 atom stereocenters. The van der Waals surface area contributed by atoms with E-state index in [0.717, 1.165) is 5.75 Å². The molecule has 0 radical (unpaired) electrons. The Morgan fingerprint density at radius 1 is 1.42 bits per heavy atom. The molecule has 1 aliphatic rings. The maximum atomic E-state index is 12.7. The maximum Gasteiger partial charge on any atom is 0.338 e. The highest BCUT2D eigenvalue weighted by molar-refractivity contribution is 7.99. The second-order valence-electron chi connectivity index (χ2n) is 5.59. The lowest BCUT2D eigenvalue weighted by Gasteiger charge is -2.33. The molecule has 1 aromatic carbocycles. The van der Waals surface area contributed by atoms with Crippen molar-refractivity contribution in [3.8, 4) is 0 Å². The van der Waals surface area contributed by atoms with Gasteiger partial charge in [-0.2, -0.15) is 11.8 Å². The van der Waals surface area contributed by atoms with Gasteiger partial charge in [0.2, 0.25) is 0 Å². The topological polar surface area (TPSA) is 102 Å². The number of hydrogen-bond donors (Lipinski definition) is 1. The number of para-hydroxylation sites is 1. The summed E-state index contributed by atoms with van der Waals surface area (Å²) in [4.78, 5) is 37.0. The van der Waals surface area contributed by atoms with Crippen molar-refractivity contribution in [1.29, 1.82) is 0 Å². The minimum absolute atomic E-state index is 0.165. The summed E-state index contributed by atoms with van der Waals surface area (Å²) in [5.74, 6) is 0.985. The van der Waals surface area contributed by atoms with Crippen LogP contribution >= 0.6 is 11.8 Å². The number of amides is 2. The molecule has 0 aliphatic carbocycles. The molecule has 1 N–H and O–H groups in total. The summed E-state index contributed by atoms with van der Waals surface area (Å²) >= 11 is 1.64. The Morgan fingerprint density at radius 3 is 2.77 bits per heavy atom. The van der Waals surface area contributed by atoms with Gasteiger partial charge in [0.15, 0.2) is 0 Å². The minimum Gasteiger partial charge on any atom is -0.461 e. The highest BCUT2D eigenvalue weighted by Gasteiger charge is 2.37. The first-order valence-corrected chi connectivity index (χ1v) is 9.27. The van der Waals surface area contributed by atoms with Gasteiger partial charge in [0, 0.05) is 24.6 Å². The zero-order valence-electron chi connectivity index (χ0n) is 14.9. The van der Waals surface area contributed by atoms with Crippen molar-refractivity contribution in [2.45, 2.75) is 19.9 Å². The fraction of sp³-hybridized carbons (Fsp3) is 0.412. The van der Waals surface area contributed by atoms with Gasteiger partial charge in [0.1, 0.15) is 6.61 Å². The number of rotatable bonds is 7. The van der Waals surface area contributed by atoms with Gasteiger partial charge >= 0.3 is 12.0 Å². The molecule has 140 valence electrons. The molecule has 0 saturated heterocycles.